The Morgan fingerprint density at radius 2 is 2.24 bits per heavy atom. The summed E-state index contributed by atoms with van der Waals surface area (Å²) in [4.78, 5) is 12.6. The van der Waals surface area contributed by atoms with Crippen LogP contribution in [0.1, 0.15) is 12.7 Å². The van der Waals surface area contributed by atoms with Crippen molar-refractivity contribution in [2.24, 2.45) is 0 Å². The van der Waals surface area contributed by atoms with Crippen molar-refractivity contribution >= 4 is 5.82 Å². The lowest BCUT2D eigenvalue weighted by molar-refractivity contribution is 0.457. The fraction of sp³-hybridized carbons (Fsp3) is 0.250. The van der Waals surface area contributed by atoms with Gasteiger partial charge in [-0.2, -0.15) is 4.98 Å². The van der Waals surface area contributed by atoms with E-state index >= 15 is 0 Å². The number of hydrogen-bond acceptors (Lipinski definition) is 5. The molecule has 2 rings (SSSR count). The van der Waals surface area contributed by atoms with Crippen LogP contribution in [-0.4, -0.2) is 22.0 Å². The molecule has 2 aromatic rings. The Hall–Kier alpha value is -2.17. The molecule has 0 saturated carbocycles. The highest BCUT2D eigenvalue weighted by Crippen LogP contribution is 2.20. The molecule has 0 spiro atoms. The molecule has 0 aliphatic heterocycles. The van der Waals surface area contributed by atoms with Gasteiger partial charge in [-0.3, -0.25) is 4.98 Å². The van der Waals surface area contributed by atoms with Gasteiger partial charge in [-0.1, -0.05) is 6.92 Å². The number of hydrogen-bond donors (Lipinski definition) is 1. The first-order valence-electron chi connectivity index (χ1n) is 5.45. The molecule has 0 unspecified atom stereocenters. The van der Waals surface area contributed by atoms with Gasteiger partial charge in [0.15, 0.2) is 0 Å². The quantitative estimate of drug-likeness (QED) is 0.873. The average molecular weight is 230 g/mol. The van der Waals surface area contributed by atoms with Gasteiger partial charge >= 0.3 is 0 Å². The van der Waals surface area contributed by atoms with Crippen LogP contribution in [-0.2, 0) is 6.42 Å². The second-order valence-electron chi connectivity index (χ2n) is 3.40. The third-order valence-corrected chi connectivity index (χ3v) is 2.18. The van der Waals surface area contributed by atoms with Crippen LogP contribution in [0.15, 0.2) is 30.6 Å². The largest absolute Gasteiger partial charge is 0.437 e. The second-order valence-corrected chi connectivity index (χ2v) is 3.40. The van der Waals surface area contributed by atoms with E-state index in [-0.39, 0.29) is 0 Å². The number of aromatic nitrogens is 3. The van der Waals surface area contributed by atoms with Gasteiger partial charge < -0.3 is 10.1 Å². The first-order valence-corrected chi connectivity index (χ1v) is 5.45. The first-order chi connectivity index (χ1) is 8.31. The van der Waals surface area contributed by atoms with Crippen LogP contribution in [0.5, 0.6) is 11.6 Å². The van der Waals surface area contributed by atoms with Gasteiger partial charge in [0.2, 0.25) is 5.88 Å². The zero-order valence-electron chi connectivity index (χ0n) is 9.84. The van der Waals surface area contributed by atoms with Crippen molar-refractivity contribution in [3.8, 4) is 11.6 Å². The summed E-state index contributed by atoms with van der Waals surface area (Å²) in [5.74, 6) is 2.68. The molecule has 88 valence electrons. The zero-order chi connectivity index (χ0) is 12.1. The highest BCUT2D eigenvalue weighted by atomic mass is 16.5. The molecule has 2 heterocycles. The highest BCUT2D eigenvalue weighted by molar-refractivity contribution is 5.39. The minimum absolute atomic E-state index is 0.522. The molecule has 0 radical (unpaired) electrons. The summed E-state index contributed by atoms with van der Waals surface area (Å²) in [6.45, 7) is 2.00. The van der Waals surface area contributed by atoms with E-state index in [1.54, 1.807) is 18.5 Å². The van der Waals surface area contributed by atoms with E-state index in [0.717, 1.165) is 18.1 Å². The fourth-order valence-electron chi connectivity index (χ4n) is 1.34. The van der Waals surface area contributed by atoms with E-state index in [1.807, 2.05) is 26.1 Å². The molecule has 5 nitrogen and oxygen atoms in total. The summed E-state index contributed by atoms with van der Waals surface area (Å²) in [5.41, 5.74) is 0. The molecule has 0 saturated heterocycles. The number of aryl methyl sites for hydroxylation is 1. The molecule has 1 N–H and O–H groups in total. The van der Waals surface area contributed by atoms with Crippen molar-refractivity contribution in [3.05, 3.63) is 36.4 Å². The van der Waals surface area contributed by atoms with E-state index in [1.165, 1.54) is 0 Å². The van der Waals surface area contributed by atoms with Crippen LogP contribution in [0.25, 0.3) is 0 Å². The van der Waals surface area contributed by atoms with E-state index in [2.05, 4.69) is 20.3 Å². The topological polar surface area (TPSA) is 59.9 Å². The predicted molar refractivity (Wildman–Crippen MR) is 65.3 cm³/mol. The van der Waals surface area contributed by atoms with Crippen molar-refractivity contribution in [3.63, 3.8) is 0 Å². The number of ether oxygens (including phenoxy) is 1. The monoisotopic (exact) mass is 230 g/mol. The lowest BCUT2D eigenvalue weighted by Gasteiger charge is -2.07. The number of nitrogens with zero attached hydrogens (tertiary/aromatic N) is 3. The molecule has 17 heavy (non-hydrogen) atoms. The Kier molecular flexibility index (Phi) is 3.49. The zero-order valence-corrected chi connectivity index (χ0v) is 9.84. The van der Waals surface area contributed by atoms with Gasteiger partial charge in [-0.05, 0) is 12.1 Å². The van der Waals surface area contributed by atoms with Gasteiger partial charge in [0.1, 0.15) is 17.4 Å². The fourth-order valence-corrected chi connectivity index (χ4v) is 1.34. The number of nitrogens with one attached hydrogen (secondary N) is 1. The van der Waals surface area contributed by atoms with Crippen LogP contribution in [0.3, 0.4) is 0 Å². The molecular formula is C12H14N4O. The van der Waals surface area contributed by atoms with Crippen LogP contribution in [0, 0.1) is 0 Å². The number of rotatable bonds is 4. The van der Waals surface area contributed by atoms with Crippen LogP contribution in [0.4, 0.5) is 5.82 Å². The van der Waals surface area contributed by atoms with Crippen molar-refractivity contribution in [1.29, 1.82) is 0 Å². The van der Waals surface area contributed by atoms with E-state index < -0.39 is 0 Å². The molecule has 5 heteroatoms. The third-order valence-electron chi connectivity index (χ3n) is 2.18. The van der Waals surface area contributed by atoms with E-state index in [4.69, 9.17) is 4.74 Å². The summed E-state index contributed by atoms with van der Waals surface area (Å²) < 4.78 is 5.61. The predicted octanol–water partition coefficient (Wildman–Crippen LogP) is 2.27. The minimum atomic E-state index is 0.522. The van der Waals surface area contributed by atoms with E-state index in [0.29, 0.717) is 11.6 Å². The SMILES string of the molecule is CCc1nc(NC)cc(Oc2cccnc2)n1. The van der Waals surface area contributed by atoms with Crippen LogP contribution < -0.4 is 10.1 Å². The summed E-state index contributed by atoms with van der Waals surface area (Å²) in [6.07, 6.45) is 4.11. The van der Waals surface area contributed by atoms with Gasteiger partial charge in [0, 0.05) is 25.7 Å². The maximum atomic E-state index is 5.61. The lowest BCUT2D eigenvalue weighted by Crippen LogP contribution is -2.01. The van der Waals surface area contributed by atoms with Gasteiger partial charge in [0.25, 0.3) is 0 Å². The number of pyridine rings is 1. The van der Waals surface area contributed by atoms with Crippen molar-refractivity contribution in [2.75, 3.05) is 12.4 Å². The Morgan fingerprint density at radius 3 is 2.88 bits per heavy atom. The molecule has 0 bridgehead atoms. The molecule has 0 aromatic carbocycles. The summed E-state index contributed by atoms with van der Waals surface area (Å²) in [5, 5.41) is 2.98. The molecule has 0 fully saturated rings. The Balaban J connectivity index is 2.26. The second kappa shape index (κ2) is 5.25. The van der Waals surface area contributed by atoms with Crippen molar-refractivity contribution in [1.82, 2.24) is 15.0 Å². The number of anilines is 1. The third kappa shape index (κ3) is 2.90. The van der Waals surface area contributed by atoms with Crippen molar-refractivity contribution in [2.45, 2.75) is 13.3 Å². The van der Waals surface area contributed by atoms with E-state index in [9.17, 15) is 0 Å². The van der Waals surface area contributed by atoms with Gasteiger partial charge in [-0.15, -0.1) is 0 Å². The van der Waals surface area contributed by atoms with Gasteiger partial charge in [-0.25, -0.2) is 4.98 Å². The summed E-state index contributed by atoms with van der Waals surface area (Å²) >= 11 is 0. The lowest BCUT2D eigenvalue weighted by atomic mass is 10.4. The Labute approximate surface area is 99.9 Å². The molecule has 0 amide bonds. The van der Waals surface area contributed by atoms with Crippen LogP contribution in [0.2, 0.25) is 0 Å². The maximum absolute atomic E-state index is 5.61. The standard InChI is InChI=1S/C12H14N4O/c1-3-10-15-11(13-2)7-12(16-10)17-9-5-4-6-14-8-9/h4-8H,3H2,1-2H3,(H,13,15,16). The average Bonchev–Trinajstić information content (AvgIpc) is 2.39. The summed E-state index contributed by atoms with van der Waals surface area (Å²) in [7, 11) is 1.82. The summed E-state index contributed by atoms with van der Waals surface area (Å²) in [6, 6.07) is 5.40. The Morgan fingerprint density at radius 1 is 1.35 bits per heavy atom. The maximum Gasteiger partial charge on any atom is 0.224 e. The Bertz CT molecular complexity index is 465. The first kappa shape index (κ1) is 11.3. The normalized spacial score (nSPS) is 10.0. The highest BCUT2D eigenvalue weighted by Gasteiger charge is 2.04. The molecule has 2 aromatic heterocycles. The van der Waals surface area contributed by atoms with Gasteiger partial charge in [0.05, 0.1) is 6.20 Å². The molecular weight excluding hydrogens is 216 g/mol. The minimum Gasteiger partial charge on any atom is -0.437 e. The smallest absolute Gasteiger partial charge is 0.224 e. The molecule has 0 aliphatic rings. The molecule has 0 aliphatic carbocycles. The van der Waals surface area contributed by atoms with Crippen LogP contribution >= 0.6 is 0 Å². The molecule has 0 atom stereocenters. The van der Waals surface area contributed by atoms with Crippen molar-refractivity contribution < 1.29 is 4.74 Å².